The van der Waals surface area contributed by atoms with Gasteiger partial charge in [-0.1, -0.05) is 166 Å². The topological polar surface area (TPSA) is 40.5 Å². The van der Waals surface area contributed by atoms with Crippen molar-refractivity contribution in [2.45, 2.75) is 173 Å². The zero-order chi connectivity index (χ0) is 30.9. The Kier molecular flexibility index (Phi) is 15.5. The van der Waals surface area contributed by atoms with Crippen LogP contribution in [0.3, 0.4) is 0 Å². The van der Waals surface area contributed by atoms with Crippen molar-refractivity contribution in [1.29, 1.82) is 0 Å². The third-order valence-electron chi connectivity index (χ3n) is 11.7. The third kappa shape index (κ3) is 11.4. The monoisotopic (exact) mass is 603 g/mol. The summed E-state index contributed by atoms with van der Waals surface area (Å²) >= 11 is 0. The van der Waals surface area contributed by atoms with E-state index in [9.17, 15) is 10.2 Å². The fourth-order valence-corrected chi connectivity index (χ4v) is 8.67. The molecular formula is C42H66O2. The number of phenolic OH excluding ortho intramolecular Hbond substituents is 2. The fraction of sp³-hybridized carbons (Fsp3) is 0.714. The van der Waals surface area contributed by atoms with Crippen LogP contribution in [0.5, 0.6) is 11.5 Å². The minimum absolute atomic E-state index is 0.0107. The summed E-state index contributed by atoms with van der Waals surface area (Å²) in [5.41, 5.74) is 2.59. The molecule has 246 valence electrons. The van der Waals surface area contributed by atoms with Crippen LogP contribution in [0.4, 0.5) is 0 Å². The van der Waals surface area contributed by atoms with Crippen molar-refractivity contribution in [3.05, 3.63) is 59.7 Å². The quantitative estimate of drug-likeness (QED) is 0.148. The zero-order valence-electron chi connectivity index (χ0n) is 28.4. The maximum atomic E-state index is 9.90. The molecule has 0 bridgehead atoms. The third-order valence-corrected chi connectivity index (χ3v) is 11.7. The molecule has 2 heteroatoms. The Hall–Kier alpha value is -1.96. The van der Waals surface area contributed by atoms with Gasteiger partial charge >= 0.3 is 0 Å². The van der Waals surface area contributed by atoms with Crippen LogP contribution in [0.25, 0.3) is 0 Å². The van der Waals surface area contributed by atoms with Crippen molar-refractivity contribution in [3.8, 4) is 11.5 Å². The Morgan fingerprint density at radius 1 is 0.455 bits per heavy atom. The number of phenols is 2. The van der Waals surface area contributed by atoms with Crippen LogP contribution in [0.15, 0.2) is 48.5 Å². The van der Waals surface area contributed by atoms with Crippen LogP contribution in [0, 0.1) is 17.8 Å². The lowest BCUT2D eigenvalue weighted by atomic mass is 9.62. The van der Waals surface area contributed by atoms with Crippen molar-refractivity contribution >= 4 is 0 Å². The van der Waals surface area contributed by atoms with Gasteiger partial charge in [0.1, 0.15) is 11.5 Å². The first-order chi connectivity index (χ1) is 21.6. The van der Waals surface area contributed by atoms with Crippen LogP contribution >= 0.6 is 0 Å². The number of hydrogen-bond acceptors (Lipinski definition) is 2. The number of aromatic hydroxyl groups is 2. The molecule has 44 heavy (non-hydrogen) atoms. The summed E-state index contributed by atoms with van der Waals surface area (Å²) in [7, 11) is 0. The van der Waals surface area contributed by atoms with E-state index in [1.54, 1.807) is 0 Å². The molecule has 2 nitrogen and oxygen atoms in total. The number of unbranched alkanes of at least 4 members (excludes halogenated alkanes) is 13. The van der Waals surface area contributed by atoms with Gasteiger partial charge in [0.05, 0.1) is 0 Å². The lowest BCUT2D eigenvalue weighted by Gasteiger charge is -2.42. The predicted molar refractivity (Wildman–Crippen MR) is 189 cm³/mol. The van der Waals surface area contributed by atoms with Gasteiger partial charge in [-0.3, -0.25) is 0 Å². The largest absolute Gasteiger partial charge is 0.508 e. The minimum atomic E-state index is -0.0107. The molecule has 4 rings (SSSR count). The standard InChI is InChI=1S/C42H66O2/c1-2-3-4-5-6-7-8-9-10-11-12-13-14-15-16-35-17-19-36(20-18-35)21-22-37-31-33-42(34-32-37,38-23-27-40(43)28-24-38)39-25-29-41(44)30-26-39/h23-30,35-37,43-44H,2-22,31-34H2,1H3/t35-,36-. The Bertz CT molecular complexity index is 946. The maximum Gasteiger partial charge on any atom is 0.115 e. The molecule has 2 aromatic carbocycles. The average Bonchev–Trinajstić information content (AvgIpc) is 3.05. The van der Waals surface area contributed by atoms with E-state index in [0.717, 1.165) is 30.6 Å². The minimum Gasteiger partial charge on any atom is -0.508 e. The highest BCUT2D eigenvalue weighted by molar-refractivity contribution is 5.43. The fourth-order valence-electron chi connectivity index (χ4n) is 8.67. The molecular weight excluding hydrogens is 536 g/mol. The molecule has 2 saturated carbocycles. The molecule has 2 aliphatic rings. The van der Waals surface area contributed by atoms with E-state index in [-0.39, 0.29) is 5.41 Å². The van der Waals surface area contributed by atoms with Crippen molar-refractivity contribution in [3.63, 3.8) is 0 Å². The van der Waals surface area contributed by atoms with E-state index in [1.165, 1.54) is 159 Å². The number of rotatable bonds is 20. The first-order valence-electron chi connectivity index (χ1n) is 19.2. The van der Waals surface area contributed by atoms with Crippen molar-refractivity contribution < 1.29 is 10.2 Å². The molecule has 0 aromatic heterocycles. The molecule has 0 heterocycles. The van der Waals surface area contributed by atoms with Crippen molar-refractivity contribution in [2.75, 3.05) is 0 Å². The zero-order valence-corrected chi connectivity index (χ0v) is 28.4. The summed E-state index contributed by atoms with van der Waals surface area (Å²) in [5.74, 6) is 3.47. The molecule has 2 fully saturated rings. The summed E-state index contributed by atoms with van der Waals surface area (Å²) in [5, 5.41) is 19.8. The second-order valence-corrected chi connectivity index (χ2v) is 15.0. The molecule has 0 atom stereocenters. The lowest BCUT2D eigenvalue weighted by Crippen LogP contribution is -2.33. The summed E-state index contributed by atoms with van der Waals surface area (Å²) in [6.45, 7) is 2.30. The Morgan fingerprint density at radius 3 is 1.20 bits per heavy atom. The van der Waals surface area contributed by atoms with Crippen LogP contribution in [0.2, 0.25) is 0 Å². The molecule has 2 aliphatic carbocycles. The summed E-state index contributed by atoms with van der Waals surface area (Å²) in [4.78, 5) is 0. The van der Waals surface area contributed by atoms with Gasteiger partial charge in [0, 0.05) is 5.41 Å². The van der Waals surface area contributed by atoms with E-state index in [0.29, 0.717) is 11.5 Å². The van der Waals surface area contributed by atoms with E-state index >= 15 is 0 Å². The van der Waals surface area contributed by atoms with Crippen LogP contribution in [-0.4, -0.2) is 10.2 Å². The molecule has 2 N–H and O–H groups in total. The Morgan fingerprint density at radius 2 is 0.795 bits per heavy atom. The molecule has 0 radical (unpaired) electrons. The lowest BCUT2D eigenvalue weighted by molar-refractivity contribution is 0.208. The van der Waals surface area contributed by atoms with Gasteiger partial charge in [0.15, 0.2) is 0 Å². The molecule has 0 saturated heterocycles. The second-order valence-electron chi connectivity index (χ2n) is 15.0. The molecule has 2 aromatic rings. The number of benzene rings is 2. The van der Waals surface area contributed by atoms with Gasteiger partial charge < -0.3 is 10.2 Å². The van der Waals surface area contributed by atoms with Gasteiger partial charge in [-0.15, -0.1) is 0 Å². The van der Waals surface area contributed by atoms with Gasteiger partial charge in [-0.05, 0) is 78.8 Å². The van der Waals surface area contributed by atoms with Crippen LogP contribution < -0.4 is 0 Å². The predicted octanol–water partition coefficient (Wildman–Crippen LogP) is 13.0. The van der Waals surface area contributed by atoms with E-state index in [2.05, 4.69) is 31.2 Å². The Labute approximate surface area is 271 Å². The highest BCUT2D eigenvalue weighted by Gasteiger charge is 2.38. The molecule has 0 spiro atoms. The van der Waals surface area contributed by atoms with E-state index in [1.807, 2.05) is 24.3 Å². The summed E-state index contributed by atoms with van der Waals surface area (Å²) in [6, 6.07) is 15.8. The van der Waals surface area contributed by atoms with E-state index < -0.39 is 0 Å². The molecule has 0 amide bonds. The van der Waals surface area contributed by atoms with Gasteiger partial charge in [-0.2, -0.15) is 0 Å². The van der Waals surface area contributed by atoms with Gasteiger partial charge in [-0.25, -0.2) is 0 Å². The normalized spacial score (nSPS) is 20.6. The second kappa shape index (κ2) is 19.5. The van der Waals surface area contributed by atoms with Gasteiger partial charge in [0.2, 0.25) is 0 Å². The first-order valence-corrected chi connectivity index (χ1v) is 19.2. The van der Waals surface area contributed by atoms with E-state index in [4.69, 9.17) is 0 Å². The average molecular weight is 603 g/mol. The molecule has 0 aliphatic heterocycles. The van der Waals surface area contributed by atoms with Gasteiger partial charge in [0.25, 0.3) is 0 Å². The van der Waals surface area contributed by atoms with Crippen molar-refractivity contribution in [2.24, 2.45) is 17.8 Å². The SMILES string of the molecule is CCCCCCCCCCCCCCCC[C@H]1CC[C@H](CCC2CCC(c3ccc(O)cc3)(c3ccc(O)cc3)CC2)CC1. The highest BCUT2D eigenvalue weighted by Crippen LogP contribution is 2.48. The Balaban J connectivity index is 1.04. The summed E-state index contributed by atoms with van der Waals surface area (Å²) in [6.07, 6.45) is 35.5. The van der Waals surface area contributed by atoms with Crippen molar-refractivity contribution in [1.82, 2.24) is 0 Å². The summed E-state index contributed by atoms with van der Waals surface area (Å²) < 4.78 is 0. The maximum absolute atomic E-state index is 9.90. The van der Waals surface area contributed by atoms with Crippen LogP contribution in [-0.2, 0) is 5.41 Å². The first kappa shape index (κ1) is 34.9. The smallest absolute Gasteiger partial charge is 0.115 e. The number of hydrogen-bond donors (Lipinski definition) is 2. The molecule has 0 unspecified atom stereocenters. The highest BCUT2D eigenvalue weighted by atomic mass is 16.3. The van der Waals surface area contributed by atoms with Crippen LogP contribution in [0.1, 0.15) is 179 Å².